The van der Waals surface area contributed by atoms with E-state index >= 15 is 0 Å². The molecule has 1 aromatic carbocycles. The fourth-order valence-electron chi connectivity index (χ4n) is 3.06. The molecule has 4 aromatic rings. The molecule has 0 saturated carbocycles. The van der Waals surface area contributed by atoms with Crippen molar-refractivity contribution in [1.82, 2.24) is 29.6 Å². The molecule has 0 unspecified atom stereocenters. The lowest BCUT2D eigenvalue weighted by Gasteiger charge is -2.07. The first-order chi connectivity index (χ1) is 12.5. The van der Waals surface area contributed by atoms with Gasteiger partial charge in [0.15, 0.2) is 5.65 Å². The van der Waals surface area contributed by atoms with E-state index in [0.717, 1.165) is 27.9 Å². The van der Waals surface area contributed by atoms with Gasteiger partial charge in [0, 0.05) is 24.7 Å². The van der Waals surface area contributed by atoms with E-state index in [1.807, 2.05) is 60.5 Å². The Hall–Kier alpha value is -3.22. The Morgan fingerprint density at radius 1 is 1.23 bits per heavy atom. The topological polar surface area (TPSA) is 77.6 Å². The molecule has 0 atom stereocenters. The van der Waals surface area contributed by atoms with Gasteiger partial charge in [-0.3, -0.25) is 4.79 Å². The molecule has 0 aliphatic carbocycles. The minimum absolute atomic E-state index is 0.177. The summed E-state index contributed by atoms with van der Waals surface area (Å²) < 4.78 is 3.83. The van der Waals surface area contributed by atoms with Crippen LogP contribution >= 0.6 is 0 Å². The van der Waals surface area contributed by atoms with Crippen molar-refractivity contribution < 1.29 is 4.79 Å². The predicted octanol–water partition coefficient (Wildman–Crippen LogP) is 2.83. The lowest BCUT2D eigenvalue weighted by atomic mass is 10.2. The molecule has 4 rings (SSSR count). The monoisotopic (exact) mass is 348 g/mol. The molecule has 0 radical (unpaired) electrons. The minimum atomic E-state index is -0.177. The number of nitrogens with zero attached hydrogens (tertiary/aromatic N) is 5. The maximum absolute atomic E-state index is 12.5. The number of hydrogen-bond donors (Lipinski definition) is 1. The zero-order valence-corrected chi connectivity index (χ0v) is 15.0. The van der Waals surface area contributed by atoms with Gasteiger partial charge in [-0.25, -0.2) is 14.6 Å². The summed E-state index contributed by atoms with van der Waals surface area (Å²) in [6.45, 7) is 4.45. The van der Waals surface area contributed by atoms with Crippen LogP contribution in [0.1, 0.15) is 36.1 Å². The average Bonchev–Trinajstić information content (AvgIpc) is 3.21. The maximum Gasteiger partial charge on any atom is 0.253 e. The SMILES string of the molecule is CC(C)n1ncc2cc(C(=O)NCc3nc4ccccc4n3C)cnc21. The Balaban J connectivity index is 1.54. The molecule has 26 heavy (non-hydrogen) atoms. The van der Waals surface area contributed by atoms with E-state index in [2.05, 4.69) is 20.4 Å². The van der Waals surface area contributed by atoms with E-state index in [9.17, 15) is 4.79 Å². The highest BCUT2D eigenvalue weighted by Gasteiger charge is 2.13. The largest absolute Gasteiger partial charge is 0.345 e. The first-order valence-electron chi connectivity index (χ1n) is 8.56. The smallest absolute Gasteiger partial charge is 0.253 e. The molecule has 3 heterocycles. The Morgan fingerprint density at radius 3 is 2.81 bits per heavy atom. The lowest BCUT2D eigenvalue weighted by molar-refractivity contribution is 0.0949. The number of hydrogen-bond acceptors (Lipinski definition) is 4. The van der Waals surface area contributed by atoms with Crippen molar-refractivity contribution in [2.75, 3.05) is 0 Å². The van der Waals surface area contributed by atoms with Crippen molar-refractivity contribution in [3.63, 3.8) is 0 Å². The second-order valence-corrected chi connectivity index (χ2v) is 6.58. The third-order valence-corrected chi connectivity index (χ3v) is 4.47. The van der Waals surface area contributed by atoms with Crippen LogP contribution in [-0.2, 0) is 13.6 Å². The maximum atomic E-state index is 12.5. The fraction of sp³-hybridized carbons (Fsp3) is 0.263. The van der Waals surface area contributed by atoms with Gasteiger partial charge in [-0.1, -0.05) is 12.1 Å². The number of para-hydroxylation sites is 2. The summed E-state index contributed by atoms with van der Waals surface area (Å²) in [5, 5.41) is 8.11. The molecule has 0 fully saturated rings. The van der Waals surface area contributed by atoms with E-state index in [1.54, 1.807) is 12.4 Å². The van der Waals surface area contributed by atoms with Gasteiger partial charge in [0.05, 0.1) is 29.3 Å². The number of imidazole rings is 1. The van der Waals surface area contributed by atoms with E-state index < -0.39 is 0 Å². The highest BCUT2D eigenvalue weighted by Crippen LogP contribution is 2.17. The molecule has 7 heteroatoms. The predicted molar refractivity (Wildman–Crippen MR) is 99.8 cm³/mol. The Morgan fingerprint density at radius 2 is 2.04 bits per heavy atom. The van der Waals surface area contributed by atoms with Crippen LogP contribution in [0.2, 0.25) is 0 Å². The number of benzene rings is 1. The lowest BCUT2D eigenvalue weighted by Crippen LogP contribution is -2.24. The van der Waals surface area contributed by atoms with Crippen LogP contribution in [-0.4, -0.2) is 30.2 Å². The summed E-state index contributed by atoms with van der Waals surface area (Å²) in [5.41, 5.74) is 3.26. The number of carbonyl (C=O) groups excluding carboxylic acids is 1. The van der Waals surface area contributed by atoms with Crippen LogP contribution in [0.15, 0.2) is 42.7 Å². The molecular formula is C19H20N6O. The van der Waals surface area contributed by atoms with Gasteiger partial charge in [0.1, 0.15) is 5.82 Å². The molecule has 3 aromatic heterocycles. The first-order valence-corrected chi connectivity index (χ1v) is 8.56. The number of aromatic nitrogens is 5. The van der Waals surface area contributed by atoms with Gasteiger partial charge in [-0.15, -0.1) is 0 Å². The molecule has 0 bridgehead atoms. The first kappa shape index (κ1) is 16.3. The highest BCUT2D eigenvalue weighted by molar-refractivity contribution is 5.96. The third kappa shape index (κ3) is 2.71. The van der Waals surface area contributed by atoms with Crippen molar-refractivity contribution in [2.24, 2.45) is 7.05 Å². The quantitative estimate of drug-likeness (QED) is 0.615. The van der Waals surface area contributed by atoms with Gasteiger partial charge < -0.3 is 9.88 Å². The summed E-state index contributed by atoms with van der Waals surface area (Å²) >= 11 is 0. The summed E-state index contributed by atoms with van der Waals surface area (Å²) in [5.74, 6) is 0.630. The summed E-state index contributed by atoms with van der Waals surface area (Å²) in [6, 6.07) is 9.94. The third-order valence-electron chi connectivity index (χ3n) is 4.47. The standard InChI is InChI=1S/C19H20N6O/c1-12(2)25-18-13(10-22-25)8-14(9-20-18)19(26)21-11-17-23-15-6-4-5-7-16(15)24(17)3/h4-10,12H,11H2,1-3H3,(H,21,26). The highest BCUT2D eigenvalue weighted by atomic mass is 16.1. The van der Waals surface area contributed by atoms with Crippen molar-refractivity contribution >= 4 is 28.0 Å². The number of pyridine rings is 1. The second kappa shape index (κ2) is 6.25. The summed E-state index contributed by atoms with van der Waals surface area (Å²) in [4.78, 5) is 21.5. The average molecular weight is 348 g/mol. The van der Waals surface area contributed by atoms with Crippen LogP contribution in [0.4, 0.5) is 0 Å². The molecule has 0 spiro atoms. The van der Waals surface area contributed by atoms with E-state index in [1.165, 1.54) is 0 Å². The number of amides is 1. The molecule has 132 valence electrons. The molecule has 1 N–H and O–H groups in total. The molecular weight excluding hydrogens is 328 g/mol. The minimum Gasteiger partial charge on any atom is -0.345 e. The summed E-state index contributed by atoms with van der Waals surface area (Å²) in [6.07, 6.45) is 3.33. The Kier molecular flexibility index (Phi) is 3.91. The van der Waals surface area contributed by atoms with E-state index in [4.69, 9.17) is 0 Å². The van der Waals surface area contributed by atoms with Gasteiger partial charge in [0.25, 0.3) is 5.91 Å². The van der Waals surface area contributed by atoms with Crippen molar-refractivity contribution in [3.8, 4) is 0 Å². The van der Waals surface area contributed by atoms with Gasteiger partial charge in [-0.2, -0.15) is 5.10 Å². The van der Waals surface area contributed by atoms with Crippen molar-refractivity contribution in [1.29, 1.82) is 0 Å². The summed E-state index contributed by atoms with van der Waals surface area (Å²) in [7, 11) is 1.95. The zero-order chi connectivity index (χ0) is 18.3. The molecule has 1 amide bonds. The van der Waals surface area contributed by atoms with Gasteiger partial charge >= 0.3 is 0 Å². The van der Waals surface area contributed by atoms with Crippen molar-refractivity contribution in [2.45, 2.75) is 26.4 Å². The molecule has 0 aliphatic heterocycles. The van der Waals surface area contributed by atoms with E-state index in [-0.39, 0.29) is 11.9 Å². The number of carbonyl (C=O) groups is 1. The van der Waals surface area contributed by atoms with Crippen LogP contribution in [0.5, 0.6) is 0 Å². The second-order valence-electron chi connectivity index (χ2n) is 6.58. The number of rotatable bonds is 4. The zero-order valence-electron chi connectivity index (χ0n) is 15.0. The molecule has 7 nitrogen and oxygen atoms in total. The van der Waals surface area contributed by atoms with Crippen LogP contribution in [0.3, 0.4) is 0 Å². The fourth-order valence-corrected chi connectivity index (χ4v) is 3.06. The van der Waals surface area contributed by atoms with Crippen LogP contribution in [0, 0.1) is 0 Å². The Labute approximate surface area is 150 Å². The number of fused-ring (bicyclic) bond motifs is 2. The number of aryl methyl sites for hydroxylation is 1. The molecule has 0 saturated heterocycles. The Bertz CT molecular complexity index is 1110. The van der Waals surface area contributed by atoms with Gasteiger partial charge in [-0.05, 0) is 32.0 Å². The van der Waals surface area contributed by atoms with Gasteiger partial charge in [0.2, 0.25) is 0 Å². The normalized spacial score (nSPS) is 11.5. The molecule has 0 aliphatic rings. The van der Waals surface area contributed by atoms with Crippen LogP contribution < -0.4 is 5.32 Å². The van der Waals surface area contributed by atoms with Crippen LogP contribution in [0.25, 0.3) is 22.1 Å². The van der Waals surface area contributed by atoms with Crippen molar-refractivity contribution in [3.05, 3.63) is 54.1 Å². The number of nitrogens with one attached hydrogen (secondary N) is 1. The van der Waals surface area contributed by atoms with E-state index in [0.29, 0.717) is 12.1 Å².